The molecule has 0 aromatic carbocycles. The lowest BCUT2D eigenvalue weighted by molar-refractivity contribution is -0.147. The molecule has 6 nitrogen and oxygen atoms in total. The summed E-state index contributed by atoms with van der Waals surface area (Å²) in [6.07, 6.45) is 6.32. The van der Waals surface area contributed by atoms with Crippen molar-refractivity contribution in [1.29, 1.82) is 0 Å². The van der Waals surface area contributed by atoms with E-state index in [0.717, 1.165) is 57.8 Å². The van der Waals surface area contributed by atoms with Gasteiger partial charge >= 0.3 is 12.1 Å². The van der Waals surface area contributed by atoms with E-state index in [1.165, 1.54) is 12.8 Å². The van der Waals surface area contributed by atoms with E-state index in [-0.39, 0.29) is 17.1 Å². The second kappa shape index (κ2) is 8.59. The minimum absolute atomic E-state index is 0.155. The molecule has 1 atom stereocenters. The second-order valence-corrected chi connectivity index (χ2v) is 9.32. The Hall–Kier alpha value is -1.30. The molecule has 2 N–H and O–H groups in total. The van der Waals surface area contributed by atoms with Gasteiger partial charge in [0.2, 0.25) is 0 Å². The van der Waals surface area contributed by atoms with E-state index >= 15 is 0 Å². The number of rotatable bonds is 2. The highest BCUT2D eigenvalue weighted by Gasteiger charge is 2.38. The van der Waals surface area contributed by atoms with Crippen LogP contribution in [0.5, 0.6) is 0 Å². The molecule has 1 unspecified atom stereocenters. The third-order valence-corrected chi connectivity index (χ3v) is 5.79. The molecule has 26 heavy (non-hydrogen) atoms. The van der Waals surface area contributed by atoms with Crippen molar-refractivity contribution in [2.24, 2.45) is 17.3 Å². The van der Waals surface area contributed by atoms with Gasteiger partial charge in [-0.05, 0) is 78.3 Å². The number of carboxylic acid groups (broad SMARTS) is 1. The van der Waals surface area contributed by atoms with Gasteiger partial charge in [-0.2, -0.15) is 0 Å². The van der Waals surface area contributed by atoms with Gasteiger partial charge in [0, 0.05) is 13.1 Å². The van der Waals surface area contributed by atoms with Crippen molar-refractivity contribution >= 4 is 12.1 Å². The Labute approximate surface area is 157 Å². The maximum atomic E-state index is 11.8. The van der Waals surface area contributed by atoms with Crippen molar-refractivity contribution in [2.75, 3.05) is 26.2 Å². The summed E-state index contributed by atoms with van der Waals surface area (Å²) in [5.41, 5.74) is -0.769. The highest BCUT2D eigenvalue weighted by atomic mass is 16.6. The van der Waals surface area contributed by atoms with E-state index in [1.807, 2.05) is 32.6 Å². The molecule has 0 aromatic heterocycles. The Morgan fingerprint density at radius 2 is 1.73 bits per heavy atom. The minimum atomic E-state index is -0.625. The number of aliphatic carboxylic acids is 1. The first-order valence-electron chi connectivity index (χ1n) is 10.0. The van der Waals surface area contributed by atoms with Crippen LogP contribution in [0.1, 0.15) is 66.2 Å². The molecule has 3 aliphatic rings. The van der Waals surface area contributed by atoms with Crippen LogP contribution < -0.4 is 5.32 Å². The molecule has 0 bridgehead atoms. The first-order chi connectivity index (χ1) is 12.1. The normalized spacial score (nSPS) is 25.7. The van der Waals surface area contributed by atoms with Crippen LogP contribution in [-0.4, -0.2) is 53.8 Å². The number of hydrogen-bond acceptors (Lipinski definition) is 4. The number of nitrogens with zero attached hydrogens (tertiary/aromatic N) is 1. The first kappa shape index (κ1) is 21.0. The number of ether oxygens (including phenoxy) is 1. The van der Waals surface area contributed by atoms with Crippen LogP contribution in [0, 0.1) is 17.3 Å². The van der Waals surface area contributed by atoms with Crippen LogP contribution in [0.25, 0.3) is 0 Å². The molecule has 3 rings (SSSR count). The summed E-state index contributed by atoms with van der Waals surface area (Å²) in [5, 5.41) is 12.1. The van der Waals surface area contributed by atoms with E-state index < -0.39 is 5.97 Å². The van der Waals surface area contributed by atoms with E-state index in [4.69, 9.17) is 9.84 Å². The van der Waals surface area contributed by atoms with Gasteiger partial charge in [0.1, 0.15) is 5.60 Å². The molecule has 0 spiro atoms. The third kappa shape index (κ3) is 5.86. The zero-order valence-electron chi connectivity index (χ0n) is 16.8. The van der Waals surface area contributed by atoms with E-state index in [9.17, 15) is 9.59 Å². The summed E-state index contributed by atoms with van der Waals surface area (Å²) in [6, 6.07) is 0. The summed E-state index contributed by atoms with van der Waals surface area (Å²) in [6.45, 7) is 11.6. The predicted molar refractivity (Wildman–Crippen MR) is 101 cm³/mol. The Morgan fingerprint density at radius 3 is 2.15 bits per heavy atom. The SMILES string of the molecule is CC(C)(C)OC(=O)N1CC(C2CCCNC2)C1.CC1(C(=O)O)CCCC1. The van der Waals surface area contributed by atoms with Crippen molar-refractivity contribution in [3.05, 3.63) is 0 Å². The quantitative estimate of drug-likeness (QED) is 0.780. The number of carboxylic acids is 1. The van der Waals surface area contributed by atoms with Crippen LogP contribution >= 0.6 is 0 Å². The second-order valence-electron chi connectivity index (χ2n) is 9.32. The van der Waals surface area contributed by atoms with Gasteiger partial charge in [0.05, 0.1) is 5.41 Å². The minimum Gasteiger partial charge on any atom is -0.481 e. The molecular formula is C20H36N2O4. The summed E-state index contributed by atoms with van der Waals surface area (Å²) in [7, 11) is 0. The average molecular weight is 369 g/mol. The standard InChI is InChI=1S/C13H24N2O2.C7H12O2/c1-13(2,3)17-12(16)15-8-11(9-15)10-5-4-6-14-7-10;1-7(6(8)9)4-2-3-5-7/h10-11,14H,4-9H2,1-3H3;2-5H2,1H3,(H,8,9). The number of piperidine rings is 1. The van der Waals surface area contributed by atoms with Crippen molar-refractivity contribution < 1.29 is 19.4 Å². The molecule has 2 heterocycles. The molecule has 0 aromatic rings. The molecule has 150 valence electrons. The van der Waals surface area contributed by atoms with Gasteiger partial charge in [-0.25, -0.2) is 4.79 Å². The van der Waals surface area contributed by atoms with Crippen molar-refractivity contribution in [3.63, 3.8) is 0 Å². The van der Waals surface area contributed by atoms with Gasteiger partial charge in [-0.3, -0.25) is 4.79 Å². The Balaban J connectivity index is 0.000000228. The molecule has 2 aliphatic heterocycles. The van der Waals surface area contributed by atoms with Crippen LogP contribution in [0.3, 0.4) is 0 Å². The number of likely N-dealkylation sites (tertiary alicyclic amines) is 1. The van der Waals surface area contributed by atoms with Gasteiger partial charge in [-0.1, -0.05) is 12.8 Å². The van der Waals surface area contributed by atoms with Gasteiger partial charge in [0.25, 0.3) is 0 Å². The number of hydrogen-bond donors (Lipinski definition) is 2. The lowest BCUT2D eigenvalue weighted by atomic mass is 9.81. The Kier molecular flexibility index (Phi) is 6.94. The van der Waals surface area contributed by atoms with Crippen molar-refractivity contribution in [1.82, 2.24) is 10.2 Å². The summed E-state index contributed by atoms with van der Waals surface area (Å²) >= 11 is 0. The van der Waals surface area contributed by atoms with Crippen LogP contribution in [0.2, 0.25) is 0 Å². The van der Waals surface area contributed by atoms with E-state index in [0.29, 0.717) is 5.92 Å². The summed E-state index contributed by atoms with van der Waals surface area (Å²) in [4.78, 5) is 24.1. The molecule has 1 amide bonds. The van der Waals surface area contributed by atoms with Crippen LogP contribution in [0.4, 0.5) is 4.79 Å². The van der Waals surface area contributed by atoms with Gasteiger partial charge in [-0.15, -0.1) is 0 Å². The molecular weight excluding hydrogens is 332 g/mol. The largest absolute Gasteiger partial charge is 0.481 e. The highest BCUT2D eigenvalue weighted by Crippen LogP contribution is 2.37. The molecule has 2 saturated heterocycles. The lowest BCUT2D eigenvalue weighted by Gasteiger charge is -2.44. The fourth-order valence-corrected chi connectivity index (χ4v) is 3.94. The smallest absolute Gasteiger partial charge is 0.410 e. The van der Waals surface area contributed by atoms with Gasteiger partial charge < -0.3 is 20.1 Å². The van der Waals surface area contributed by atoms with Gasteiger partial charge in [0.15, 0.2) is 0 Å². The fourth-order valence-electron chi connectivity index (χ4n) is 3.94. The van der Waals surface area contributed by atoms with E-state index in [2.05, 4.69) is 5.32 Å². The highest BCUT2D eigenvalue weighted by molar-refractivity contribution is 5.74. The number of carbonyl (C=O) groups excluding carboxylic acids is 1. The van der Waals surface area contributed by atoms with E-state index in [1.54, 1.807) is 0 Å². The Bertz CT molecular complexity index is 483. The predicted octanol–water partition coefficient (Wildman–Crippen LogP) is 3.50. The maximum Gasteiger partial charge on any atom is 0.410 e. The molecule has 3 fully saturated rings. The van der Waals surface area contributed by atoms with Crippen molar-refractivity contribution in [2.45, 2.75) is 71.8 Å². The fraction of sp³-hybridized carbons (Fsp3) is 0.900. The zero-order chi connectivity index (χ0) is 19.4. The number of carbonyl (C=O) groups is 2. The van der Waals surface area contributed by atoms with Crippen molar-refractivity contribution in [3.8, 4) is 0 Å². The lowest BCUT2D eigenvalue weighted by Crippen LogP contribution is -2.55. The van der Waals surface area contributed by atoms with Crippen LogP contribution in [-0.2, 0) is 9.53 Å². The first-order valence-corrected chi connectivity index (χ1v) is 10.0. The summed E-state index contributed by atoms with van der Waals surface area (Å²) < 4.78 is 5.35. The average Bonchev–Trinajstić information content (AvgIpc) is 2.94. The number of nitrogens with one attached hydrogen (secondary N) is 1. The molecule has 1 aliphatic carbocycles. The molecule has 6 heteroatoms. The zero-order valence-corrected chi connectivity index (χ0v) is 16.8. The third-order valence-electron chi connectivity index (χ3n) is 5.79. The Morgan fingerprint density at radius 1 is 1.12 bits per heavy atom. The number of amides is 1. The van der Waals surface area contributed by atoms with Crippen LogP contribution in [0.15, 0.2) is 0 Å². The molecule has 1 saturated carbocycles. The molecule has 0 radical (unpaired) electrons. The monoisotopic (exact) mass is 368 g/mol. The maximum absolute atomic E-state index is 11.8. The topological polar surface area (TPSA) is 78.9 Å². The summed E-state index contributed by atoms with van der Waals surface area (Å²) in [5.74, 6) is 0.803.